The Kier molecular flexibility index (Phi) is 13.5. The zero-order valence-corrected chi connectivity index (χ0v) is 16.0. The number of unbranched alkanes of at least 4 members (excludes halogenated alkanes) is 3. The summed E-state index contributed by atoms with van der Waals surface area (Å²) in [6.07, 6.45) is 11.7. The minimum atomic E-state index is -3.67. The maximum atomic E-state index is 9.19. The number of rotatable bonds is 9. The smallest absolute Gasteiger partial charge is 0.261 e. The van der Waals surface area contributed by atoms with Crippen LogP contribution in [-0.4, -0.2) is 24.4 Å². The summed E-state index contributed by atoms with van der Waals surface area (Å²) < 4.78 is 25.9. The van der Waals surface area contributed by atoms with Gasteiger partial charge in [0.1, 0.15) is 0 Å². The molecule has 0 aromatic carbocycles. The molecule has 3 nitrogen and oxygen atoms in total. The molecule has 0 saturated heterocycles. The molecule has 5 heteroatoms. The third-order valence-corrected chi connectivity index (χ3v) is 5.32. The topological polar surface area (TPSA) is 54.4 Å². The van der Waals surface area contributed by atoms with Crippen molar-refractivity contribution in [1.82, 2.24) is 0 Å². The van der Waals surface area contributed by atoms with Gasteiger partial charge in [-0.05, 0) is 30.3 Å². The molecule has 0 amide bonds. The van der Waals surface area contributed by atoms with Crippen LogP contribution in [0.1, 0.15) is 79.1 Å². The molecule has 0 aromatic rings. The van der Waals surface area contributed by atoms with Gasteiger partial charge < -0.3 is 0 Å². The van der Waals surface area contributed by atoms with Crippen molar-refractivity contribution < 1.29 is 13.0 Å². The third kappa shape index (κ3) is 13.3. The van der Waals surface area contributed by atoms with Crippen LogP contribution in [0.15, 0.2) is 0 Å². The predicted octanol–water partition coefficient (Wildman–Crippen LogP) is 4.92. The van der Waals surface area contributed by atoms with E-state index in [2.05, 4.69) is 36.9 Å². The summed E-state index contributed by atoms with van der Waals surface area (Å²) in [5.41, 5.74) is 0. The number of hydrogen-bond acceptors (Lipinski definition) is 2. The average Bonchev–Trinajstić information content (AvgIpc) is 2.36. The molecule has 0 aliphatic carbocycles. The summed E-state index contributed by atoms with van der Waals surface area (Å²) in [7, 11) is -0.516. The van der Waals surface area contributed by atoms with Gasteiger partial charge in [0.2, 0.25) is 0 Å². The van der Waals surface area contributed by atoms with Crippen molar-refractivity contribution in [3.63, 3.8) is 0 Å². The fourth-order valence-electron chi connectivity index (χ4n) is 2.54. The Labute approximate surface area is 129 Å². The highest BCUT2D eigenvalue weighted by molar-refractivity contribution is 7.85. The number of hydrogen-bond donors (Lipinski definition) is 1. The van der Waals surface area contributed by atoms with Crippen molar-refractivity contribution in [1.29, 1.82) is 0 Å². The Hall–Kier alpha value is 0.340. The lowest BCUT2D eigenvalue weighted by atomic mass is 9.81. The summed E-state index contributed by atoms with van der Waals surface area (Å²) in [5, 5.41) is 0.515. The van der Waals surface area contributed by atoms with Gasteiger partial charge in [-0.25, -0.2) is 0 Å². The maximum absolute atomic E-state index is 9.19. The first kappa shape index (κ1) is 22.6. The lowest BCUT2D eigenvalue weighted by Gasteiger charge is -2.36. The van der Waals surface area contributed by atoms with E-state index < -0.39 is 10.1 Å². The second-order valence-corrected chi connectivity index (χ2v) is 8.24. The van der Waals surface area contributed by atoms with Crippen molar-refractivity contribution in [3.05, 3.63) is 0 Å². The fraction of sp³-hybridized carbons (Fsp3) is 1.00. The molecule has 2 atom stereocenters. The molecule has 0 spiro atoms. The molecule has 0 heterocycles. The van der Waals surface area contributed by atoms with Crippen LogP contribution in [0.2, 0.25) is 0 Å². The van der Waals surface area contributed by atoms with Gasteiger partial charge in [0.05, 0.1) is 6.26 Å². The van der Waals surface area contributed by atoms with E-state index in [1.165, 1.54) is 51.4 Å². The molecule has 1 N–H and O–H groups in total. The Balaban J connectivity index is 0. The minimum Gasteiger partial charge on any atom is -0.286 e. The van der Waals surface area contributed by atoms with E-state index in [4.69, 9.17) is 4.55 Å². The SMILES string of the molecule is CCCCCCC(CC)C(P)(CC)CC.CS(=O)(=O)O. The van der Waals surface area contributed by atoms with Crippen LogP contribution < -0.4 is 0 Å². The molecule has 0 aromatic heterocycles. The Morgan fingerprint density at radius 1 is 1.05 bits per heavy atom. The van der Waals surface area contributed by atoms with E-state index >= 15 is 0 Å². The first-order valence-electron chi connectivity index (χ1n) is 7.85. The van der Waals surface area contributed by atoms with Crippen molar-refractivity contribution in [2.45, 2.75) is 84.2 Å². The summed E-state index contributed by atoms with van der Waals surface area (Å²) in [5.74, 6) is 0.911. The van der Waals surface area contributed by atoms with Gasteiger partial charge in [-0.3, -0.25) is 4.55 Å². The lowest BCUT2D eigenvalue weighted by molar-refractivity contribution is 0.314. The normalized spacial score (nSPS) is 13.6. The molecule has 0 radical (unpaired) electrons. The summed E-state index contributed by atoms with van der Waals surface area (Å²) in [4.78, 5) is 0. The standard InChI is InChI=1S/C14H31P.CH4O3S/c1-5-9-10-11-12-13(6-2)14(15,7-3)8-4;1-5(2,3)4/h13H,5-12,15H2,1-4H3;1H3,(H,2,3,4). The summed E-state index contributed by atoms with van der Waals surface area (Å²) >= 11 is 0. The van der Waals surface area contributed by atoms with Crippen LogP contribution in [-0.2, 0) is 10.1 Å². The molecular formula is C15H35O3PS. The second-order valence-electron chi connectivity index (χ2n) is 5.63. The second kappa shape index (κ2) is 11.9. The Bertz CT molecular complexity index is 303. The molecule has 0 aliphatic heterocycles. The Morgan fingerprint density at radius 2 is 1.50 bits per heavy atom. The first-order valence-corrected chi connectivity index (χ1v) is 10.3. The zero-order chi connectivity index (χ0) is 16.2. The highest BCUT2D eigenvalue weighted by Gasteiger charge is 2.28. The highest BCUT2D eigenvalue weighted by Crippen LogP contribution is 2.39. The summed E-state index contributed by atoms with van der Waals surface area (Å²) in [6, 6.07) is 0. The molecule has 0 saturated carbocycles. The van der Waals surface area contributed by atoms with Gasteiger partial charge in [0.25, 0.3) is 10.1 Å². The highest BCUT2D eigenvalue weighted by atomic mass is 32.2. The molecule has 124 valence electrons. The van der Waals surface area contributed by atoms with Gasteiger partial charge >= 0.3 is 0 Å². The average molecular weight is 326 g/mol. The first-order chi connectivity index (χ1) is 9.14. The van der Waals surface area contributed by atoms with E-state index in [0.29, 0.717) is 11.4 Å². The minimum absolute atomic E-state index is 0.515. The van der Waals surface area contributed by atoms with Gasteiger partial charge in [-0.1, -0.05) is 59.8 Å². The molecule has 20 heavy (non-hydrogen) atoms. The monoisotopic (exact) mass is 326 g/mol. The van der Waals surface area contributed by atoms with Gasteiger partial charge in [-0.2, -0.15) is 8.42 Å². The van der Waals surface area contributed by atoms with Gasteiger partial charge in [0.15, 0.2) is 0 Å². The molecule has 0 rings (SSSR count). The van der Waals surface area contributed by atoms with E-state index in [1.807, 2.05) is 0 Å². The lowest BCUT2D eigenvalue weighted by Crippen LogP contribution is -2.29. The maximum Gasteiger partial charge on any atom is 0.261 e. The van der Waals surface area contributed by atoms with E-state index in [1.54, 1.807) is 0 Å². The van der Waals surface area contributed by atoms with Crippen LogP contribution in [0, 0.1) is 5.92 Å². The molecule has 0 fully saturated rings. The van der Waals surface area contributed by atoms with Gasteiger partial charge in [0, 0.05) is 0 Å². The van der Waals surface area contributed by atoms with Crippen molar-refractivity contribution in [2.24, 2.45) is 5.92 Å². The third-order valence-electron chi connectivity index (χ3n) is 4.03. The van der Waals surface area contributed by atoms with Crippen molar-refractivity contribution in [3.8, 4) is 0 Å². The van der Waals surface area contributed by atoms with Crippen molar-refractivity contribution in [2.75, 3.05) is 6.26 Å². The quantitative estimate of drug-likeness (QED) is 0.372. The molecular weight excluding hydrogens is 291 g/mol. The van der Waals surface area contributed by atoms with E-state index in [9.17, 15) is 8.42 Å². The summed E-state index contributed by atoms with van der Waals surface area (Å²) in [6.45, 7) is 9.32. The van der Waals surface area contributed by atoms with E-state index in [-0.39, 0.29) is 0 Å². The van der Waals surface area contributed by atoms with Crippen molar-refractivity contribution >= 4 is 19.4 Å². The van der Waals surface area contributed by atoms with Crippen LogP contribution >= 0.6 is 9.24 Å². The van der Waals surface area contributed by atoms with Crippen LogP contribution in [0.5, 0.6) is 0 Å². The largest absolute Gasteiger partial charge is 0.286 e. The van der Waals surface area contributed by atoms with E-state index in [0.717, 1.165) is 5.92 Å². The predicted molar refractivity (Wildman–Crippen MR) is 93.0 cm³/mol. The molecule has 0 aliphatic rings. The fourth-order valence-corrected chi connectivity index (χ4v) is 2.95. The van der Waals surface area contributed by atoms with Crippen LogP contribution in [0.4, 0.5) is 0 Å². The molecule has 0 bridgehead atoms. The molecule has 2 unspecified atom stereocenters. The van der Waals surface area contributed by atoms with Crippen LogP contribution in [0.3, 0.4) is 0 Å². The van der Waals surface area contributed by atoms with Crippen LogP contribution in [0.25, 0.3) is 0 Å². The Morgan fingerprint density at radius 3 is 1.80 bits per heavy atom. The zero-order valence-electron chi connectivity index (χ0n) is 14.0. The van der Waals surface area contributed by atoms with Gasteiger partial charge in [-0.15, -0.1) is 9.24 Å².